The Hall–Kier alpha value is -1.69. The number of thiol groups is 1. The Bertz CT molecular complexity index is 886. The lowest BCUT2D eigenvalue weighted by Crippen LogP contribution is -2.45. The lowest BCUT2D eigenvalue weighted by atomic mass is 10.0. The van der Waals surface area contributed by atoms with Crippen molar-refractivity contribution in [2.45, 2.75) is 24.8 Å². The van der Waals surface area contributed by atoms with Crippen molar-refractivity contribution in [3.05, 3.63) is 76.6 Å². The highest BCUT2D eigenvalue weighted by Gasteiger charge is 2.39. The molecule has 1 unspecified atom stereocenters. The number of rotatable bonds is 4. The third kappa shape index (κ3) is 3.50. The number of benzene rings is 2. The van der Waals surface area contributed by atoms with Crippen LogP contribution in [0.4, 0.5) is 4.39 Å². The molecule has 2 aromatic carbocycles. The summed E-state index contributed by atoms with van der Waals surface area (Å²) in [5, 5.41) is 0.446. The van der Waals surface area contributed by atoms with Crippen molar-refractivity contribution in [1.29, 1.82) is 0 Å². The third-order valence-electron chi connectivity index (χ3n) is 4.60. The van der Waals surface area contributed by atoms with Crippen LogP contribution in [0.25, 0.3) is 5.57 Å². The quantitative estimate of drug-likeness (QED) is 0.806. The van der Waals surface area contributed by atoms with E-state index in [2.05, 4.69) is 0 Å². The van der Waals surface area contributed by atoms with Crippen LogP contribution in [-0.4, -0.2) is 24.7 Å². The molecule has 2 aromatic rings. The Morgan fingerprint density at radius 2 is 1.84 bits per heavy atom. The summed E-state index contributed by atoms with van der Waals surface area (Å²) < 4.78 is 37.9. The molecule has 1 aliphatic heterocycles. The summed E-state index contributed by atoms with van der Waals surface area (Å²) in [5.74, 6) is -0.367. The molecule has 1 aliphatic rings. The first-order valence-corrected chi connectivity index (χ1v) is 9.48. The van der Waals surface area contributed by atoms with Crippen LogP contribution in [0.1, 0.15) is 31.0 Å². The van der Waals surface area contributed by atoms with Gasteiger partial charge in [-0.15, -0.1) is 0 Å². The molecule has 3 nitrogen and oxygen atoms in total. The van der Waals surface area contributed by atoms with Gasteiger partial charge in [0.2, 0.25) is 0 Å². The maximum atomic E-state index is 14.3. The molecular formula is C19H19ClFNO2S. The predicted molar refractivity (Wildman–Crippen MR) is 99.7 cm³/mol. The molecule has 0 radical (unpaired) electrons. The van der Waals surface area contributed by atoms with Crippen LogP contribution >= 0.6 is 11.6 Å². The van der Waals surface area contributed by atoms with Gasteiger partial charge in [0.05, 0.1) is 6.04 Å². The molecular weight excluding hydrogens is 361 g/mol. The summed E-state index contributed by atoms with van der Waals surface area (Å²) >= 11 is 6.02. The topological polar surface area (TPSA) is 37.4 Å². The average molecular weight is 380 g/mol. The summed E-state index contributed by atoms with van der Waals surface area (Å²) in [6, 6.07) is 13.8. The van der Waals surface area contributed by atoms with Crippen LogP contribution < -0.4 is 0 Å². The summed E-state index contributed by atoms with van der Waals surface area (Å²) in [5.41, 5.74) is 2.11. The van der Waals surface area contributed by atoms with Gasteiger partial charge in [-0.25, -0.2) is 12.8 Å². The zero-order chi connectivity index (χ0) is 18.2. The zero-order valence-electron chi connectivity index (χ0n) is 13.9. The maximum absolute atomic E-state index is 14.3. The van der Waals surface area contributed by atoms with E-state index in [-0.39, 0.29) is 11.9 Å². The van der Waals surface area contributed by atoms with Crippen molar-refractivity contribution >= 4 is 27.9 Å². The molecule has 0 saturated heterocycles. The molecule has 0 saturated carbocycles. The number of nitrogens with zero attached hydrogens (tertiary/aromatic N) is 1. The minimum absolute atomic E-state index is 0.252. The van der Waals surface area contributed by atoms with Gasteiger partial charge >= 0.3 is 0 Å². The van der Waals surface area contributed by atoms with E-state index in [0.29, 0.717) is 17.1 Å². The molecule has 0 amide bonds. The molecule has 0 aromatic heterocycles. The molecule has 0 spiro atoms. The first-order chi connectivity index (χ1) is 11.8. The SMILES string of the molecule is CC(C)(N1CC(c2cc(Cl)ccc2F)=CC1c1ccccc1)[SH](=O)=O. The van der Waals surface area contributed by atoms with Gasteiger partial charge < -0.3 is 0 Å². The number of hydrogen-bond acceptors (Lipinski definition) is 3. The van der Waals surface area contributed by atoms with Gasteiger partial charge in [-0.2, -0.15) is 0 Å². The fourth-order valence-corrected chi connectivity index (χ4v) is 3.68. The van der Waals surface area contributed by atoms with E-state index >= 15 is 0 Å². The van der Waals surface area contributed by atoms with Gasteiger partial charge in [0.25, 0.3) is 0 Å². The first-order valence-electron chi connectivity index (χ1n) is 7.93. The lowest BCUT2D eigenvalue weighted by molar-refractivity contribution is 0.188. The highest BCUT2D eigenvalue weighted by Crippen LogP contribution is 2.40. The first kappa shape index (κ1) is 18.1. The second-order valence-corrected chi connectivity index (χ2v) is 8.60. The standard InChI is InChI=1S/C19H19ClFNO2S/c1-19(2,25(23)24)22-12-14(16-11-15(20)8-9-17(16)21)10-18(22)13-6-4-3-5-7-13/h3-11,18,25H,12H2,1-2H3. The van der Waals surface area contributed by atoms with Gasteiger partial charge in [-0.05, 0) is 43.2 Å². The lowest BCUT2D eigenvalue weighted by Gasteiger charge is -2.35. The van der Waals surface area contributed by atoms with Crippen LogP contribution in [0.3, 0.4) is 0 Å². The Morgan fingerprint density at radius 3 is 2.48 bits per heavy atom. The van der Waals surface area contributed by atoms with Gasteiger partial charge in [0.1, 0.15) is 10.7 Å². The Kier molecular flexibility index (Phi) is 5.00. The Labute approximate surface area is 153 Å². The normalized spacial score (nSPS) is 18.6. The van der Waals surface area contributed by atoms with Gasteiger partial charge in [0.15, 0.2) is 10.7 Å². The van der Waals surface area contributed by atoms with E-state index in [1.54, 1.807) is 19.9 Å². The minimum Gasteiger partial charge on any atom is -0.270 e. The summed E-state index contributed by atoms with van der Waals surface area (Å²) in [7, 11) is -2.70. The van der Waals surface area contributed by atoms with Crippen molar-refractivity contribution < 1.29 is 12.8 Å². The van der Waals surface area contributed by atoms with Crippen molar-refractivity contribution in [3.63, 3.8) is 0 Å². The molecule has 3 rings (SSSR count). The largest absolute Gasteiger partial charge is 0.270 e. The van der Waals surface area contributed by atoms with Crippen molar-refractivity contribution in [2.24, 2.45) is 0 Å². The Morgan fingerprint density at radius 1 is 1.16 bits per heavy atom. The highest BCUT2D eigenvalue weighted by molar-refractivity contribution is 7.73. The van der Waals surface area contributed by atoms with E-state index in [0.717, 1.165) is 11.1 Å². The van der Waals surface area contributed by atoms with Gasteiger partial charge in [0, 0.05) is 17.1 Å². The molecule has 6 heteroatoms. The third-order valence-corrected chi connectivity index (χ3v) is 5.99. The van der Waals surface area contributed by atoms with Crippen molar-refractivity contribution in [3.8, 4) is 0 Å². The predicted octanol–water partition coefficient (Wildman–Crippen LogP) is 4.27. The second kappa shape index (κ2) is 6.90. The molecule has 0 bridgehead atoms. The molecule has 0 fully saturated rings. The van der Waals surface area contributed by atoms with Crippen LogP contribution in [0.15, 0.2) is 54.6 Å². The molecule has 1 atom stereocenters. The fraction of sp³-hybridized carbons (Fsp3) is 0.263. The number of halogens is 2. The van der Waals surface area contributed by atoms with Crippen LogP contribution in [0.5, 0.6) is 0 Å². The summed E-state index contributed by atoms with van der Waals surface area (Å²) in [4.78, 5) is 0.798. The molecule has 1 heterocycles. The van der Waals surface area contributed by atoms with Gasteiger partial charge in [-0.3, -0.25) is 4.90 Å². The Balaban J connectivity index is 2.09. The smallest absolute Gasteiger partial charge is 0.158 e. The zero-order valence-corrected chi connectivity index (χ0v) is 15.6. The van der Waals surface area contributed by atoms with Crippen molar-refractivity contribution in [2.75, 3.05) is 6.54 Å². The maximum Gasteiger partial charge on any atom is 0.158 e. The van der Waals surface area contributed by atoms with E-state index < -0.39 is 15.6 Å². The molecule has 25 heavy (non-hydrogen) atoms. The van der Waals surface area contributed by atoms with Crippen LogP contribution in [0.2, 0.25) is 5.02 Å². The van der Waals surface area contributed by atoms with E-state index in [9.17, 15) is 12.8 Å². The van der Waals surface area contributed by atoms with E-state index in [1.807, 2.05) is 41.3 Å². The van der Waals surface area contributed by atoms with E-state index in [4.69, 9.17) is 11.6 Å². The summed E-state index contributed by atoms with van der Waals surface area (Å²) in [6.07, 6.45) is 1.92. The fourth-order valence-electron chi connectivity index (χ4n) is 3.10. The monoisotopic (exact) mass is 379 g/mol. The second-order valence-electron chi connectivity index (χ2n) is 6.55. The molecule has 0 N–H and O–H groups in total. The average Bonchev–Trinajstić information content (AvgIpc) is 3.03. The van der Waals surface area contributed by atoms with E-state index in [1.165, 1.54) is 12.1 Å². The molecule has 132 valence electrons. The van der Waals surface area contributed by atoms with Crippen molar-refractivity contribution in [1.82, 2.24) is 4.90 Å². The highest BCUT2D eigenvalue weighted by atomic mass is 35.5. The number of hydrogen-bond donors (Lipinski definition) is 1. The van der Waals surface area contributed by atoms with Crippen LogP contribution in [-0.2, 0) is 10.7 Å². The summed E-state index contributed by atoms with van der Waals surface area (Å²) in [6.45, 7) is 3.66. The van der Waals surface area contributed by atoms with Crippen LogP contribution in [0, 0.1) is 5.82 Å². The van der Waals surface area contributed by atoms with Gasteiger partial charge in [-0.1, -0.05) is 48.0 Å². The molecule has 0 aliphatic carbocycles. The minimum atomic E-state index is -2.70.